The third-order valence-electron chi connectivity index (χ3n) is 2.87. The molecule has 1 amide bonds. The van der Waals surface area contributed by atoms with Crippen LogP contribution < -0.4 is 5.32 Å². The Morgan fingerprint density at radius 3 is 2.50 bits per heavy atom. The summed E-state index contributed by atoms with van der Waals surface area (Å²) in [6.07, 6.45) is 0. The molecule has 100 valence electrons. The Hall–Kier alpha value is -0.480. The average molecular weight is 310 g/mol. The second-order valence-corrected chi connectivity index (χ2v) is 5.08. The van der Waals surface area contributed by atoms with E-state index in [0.29, 0.717) is 22.2 Å². The second-order valence-electron chi connectivity index (χ2n) is 4.21. The normalized spacial score (nSPS) is 19.3. The molecular weight excluding hydrogens is 295 g/mol. The molecule has 1 heterocycles. The van der Waals surface area contributed by atoms with Crippen molar-refractivity contribution in [2.24, 2.45) is 0 Å². The number of halogens is 3. The molecule has 0 radical (unpaired) electrons. The van der Waals surface area contributed by atoms with E-state index in [1.807, 2.05) is 11.8 Å². The predicted octanol–water partition coefficient (Wildman–Crippen LogP) is 2.85. The molecule has 0 aliphatic carbocycles. The molecule has 1 N–H and O–H groups in total. The fourth-order valence-corrected chi connectivity index (χ4v) is 2.51. The van der Waals surface area contributed by atoms with Crippen LogP contribution >= 0.6 is 35.6 Å². The van der Waals surface area contributed by atoms with E-state index in [-0.39, 0.29) is 24.4 Å². The topological polar surface area (TPSA) is 32.3 Å². The van der Waals surface area contributed by atoms with Crippen molar-refractivity contribution in [2.75, 3.05) is 19.6 Å². The molecule has 0 aromatic heterocycles. The van der Waals surface area contributed by atoms with Crippen molar-refractivity contribution >= 4 is 41.5 Å². The van der Waals surface area contributed by atoms with Crippen LogP contribution in [0.5, 0.6) is 0 Å². The summed E-state index contributed by atoms with van der Waals surface area (Å²) in [4.78, 5) is 14.1. The van der Waals surface area contributed by atoms with Crippen molar-refractivity contribution in [2.45, 2.75) is 13.0 Å². The number of hydrogen-bond donors (Lipinski definition) is 1. The van der Waals surface area contributed by atoms with Crippen LogP contribution in [0, 0.1) is 0 Å². The third kappa shape index (κ3) is 3.51. The fourth-order valence-electron chi connectivity index (χ4n) is 1.99. The molecule has 3 nitrogen and oxygen atoms in total. The van der Waals surface area contributed by atoms with E-state index in [4.69, 9.17) is 23.2 Å². The van der Waals surface area contributed by atoms with Gasteiger partial charge in [0.25, 0.3) is 5.91 Å². The third-order valence-corrected chi connectivity index (χ3v) is 3.31. The zero-order valence-electron chi connectivity index (χ0n) is 9.95. The van der Waals surface area contributed by atoms with Gasteiger partial charge in [0.2, 0.25) is 0 Å². The number of rotatable bonds is 1. The number of carbonyl (C=O) groups excluding carboxylic acids is 1. The number of nitrogens with zero attached hydrogens (tertiary/aromatic N) is 1. The molecular formula is C12H15Cl3N2O. The van der Waals surface area contributed by atoms with E-state index >= 15 is 0 Å². The molecule has 1 saturated heterocycles. The van der Waals surface area contributed by atoms with Crippen LogP contribution in [0.25, 0.3) is 0 Å². The summed E-state index contributed by atoms with van der Waals surface area (Å²) in [7, 11) is 0. The highest BCUT2D eigenvalue weighted by Crippen LogP contribution is 2.21. The number of amides is 1. The van der Waals surface area contributed by atoms with Crippen molar-refractivity contribution in [3.63, 3.8) is 0 Å². The van der Waals surface area contributed by atoms with Crippen LogP contribution in [0.4, 0.5) is 0 Å². The van der Waals surface area contributed by atoms with Gasteiger partial charge in [0.05, 0.1) is 0 Å². The largest absolute Gasteiger partial charge is 0.333 e. The van der Waals surface area contributed by atoms with Crippen LogP contribution in [0.2, 0.25) is 10.0 Å². The summed E-state index contributed by atoms with van der Waals surface area (Å²) in [5, 5.41) is 4.23. The molecule has 1 fully saturated rings. The van der Waals surface area contributed by atoms with Gasteiger partial charge in [-0.05, 0) is 25.1 Å². The molecule has 0 saturated carbocycles. The zero-order chi connectivity index (χ0) is 12.4. The molecule has 6 heteroatoms. The van der Waals surface area contributed by atoms with Crippen molar-refractivity contribution in [1.29, 1.82) is 0 Å². The number of piperazine rings is 1. The van der Waals surface area contributed by atoms with E-state index in [9.17, 15) is 4.79 Å². The molecule has 1 aliphatic heterocycles. The molecule has 18 heavy (non-hydrogen) atoms. The number of nitrogens with one attached hydrogen (secondary N) is 1. The Bertz CT molecular complexity index is 419. The monoisotopic (exact) mass is 308 g/mol. The van der Waals surface area contributed by atoms with Crippen LogP contribution in [0.3, 0.4) is 0 Å². The standard InChI is InChI=1S/C12H14Cl2N2O.ClH/c1-8-7-15-2-3-16(8)12(17)9-4-10(13)6-11(14)5-9;/h4-6,8,15H,2-3,7H2,1H3;1H/t8-;/m0./s1. The van der Waals surface area contributed by atoms with Gasteiger partial charge in [-0.15, -0.1) is 12.4 Å². The van der Waals surface area contributed by atoms with Crippen LogP contribution in [0.15, 0.2) is 18.2 Å². The van der Waals surface area contributed by atoms with Gasteiger partial charge < -0.3 is 10.2 Å². The fraction of sp³-hybridized carbons (Fsp3) is 0.417. The Kier molecular flexibility index (Phi) is 5.73. The van der Waals surface area contributed by atoms with E-state index in [1.165, 1.54) is 0 Å². The summed E-state index contributed by atoms with van der Waals surface area (Å²) in [5.74, 6) is -0.0107. The summed E-state index contributed by atoms with van der Waals surface area (Å²) < 4.78 is 0. The van der Waals surface area contributed by atoms with Crippen molar-refractivity contribution < 1.29 is 4.79 Å². The zero-order valence-corrected chi connectivity index (χ0v) is 12.3. The van der Waals surface area contributed by atoms with Crippen LogP contribution in [-0.4, -0.2) is 36.5 Å². The Morgan fingerprint density at radius 2 is 1.94 bits per heavy atom. The first-order valence-electron chi connectivity index (χ1n) is 5.55. The molecule has 1 aliphatic rings. The summed E-state index contributed by atoms with van der Waals surface area (Å²) in [6, 6.07) is 5.13. The number of benzene rings is 1. The number of carbonyl (C=O) groups is 1. The summed E-state index contributed by atoms with van der Waals surface area (Å²) in [6.45, 7) is 4.38. The minimum Gasteiger partial charge on any atom is -0.333 e. The summed E-state index contributed by atoms with van der Waals surface area (Å²) >= 11 is 11.8. The lowest BCUT2D eigenvalue weighted by atomic mass is 10.1. The molecule has 0 spiro atoms. The van der Waals surface area contributed by atoms with Crippen LogP contribution in [-0.2, 0) is 0 Å². The van der Waals surface area contributed by atoms with Gasteiger partial charge in [0, 0.05) is 41.3 Å². The van der Waals surface area contributed by atoms with Gasteiger partial charge in [-0.25, -0.2) is 0 Å². The highest BCUT2D eigenvalue weighted by molar-refractivity contribution is 6.35. The Labute approximate surface area is 123 Å². The van der Waals surface area contributed by atoms with Crippen LogP contribution in [0.1, 0.15) is 17.3 Å². The smallest absolute Gasteiger partial charge is 0.254 e. The first kappa shape index (κ1) is 15.6. The maximum atomic E-state index is 12.3. The van der Waals surface area contributed by atoms with Gasteiger partial charge in [-0.1, -0.05) is 23.2 Å². The average Bonchev–Trinajstić information content (AvgIpc) is 2.27. The lowest BCUT2D eigenvalue weighted by molar-refractivity contribution is 0.0656. The van der Waals surface area contributed by atoms with Gasteiger partial charge >= 0.3 is 0 Å². The molecule has 1 aromatic rings. The van der Waals surface area contributed by atoms with Gasteiger partial charge in [-0.2, -0.15) is 0 Å². The minimum atomic E-state index is -0.0107. The van der Waals surface area contributed by atoms with Gasteiger partial charge in [0.15, 0.2) is 0 Å². The van der Waals surface area contributed by atoms with E-state index in [0.717, 1.165) is 13.1 Å². The van der Waals surface area contributed by atoms with Crippen molar-refractivity contribution in [3.05, 3.63) is 33.8 Å². The lowest BCUT2D eigenvalue weighted by Gasteiger charge is -2.34. The highest BCUT2D eigenvalue weighted by Gasteiger charge is 2.24. The molecule has 0 unspecified atom stereocenters. The van der Waals surface area contributed by atoms with Crippen molar-refractivity contribution in [3.8, 4) is 0 Å². The molecule has 0 bridgehead atoms. The first-order chi connectivity index (χ1) is 8.08. The van der Waals surface area contributed by atoms with Gasteiger partial charge in [-0.3, -0.25) is 4.79 Å². The lowest BCUT2D eigenvalue weighted by Crippen LogP contribution is -2.52. The van der Waals surface area contributed by atoms with Gasteiger partial charge in [0.1, 0.15) is 0 Å². The molecule has 2 rings (SSSR count). The van der Waals surface area contributed by atoms with Crippen molar-refractivity contribution in [1.82, 2.24) is 10.2 Å². The molecule has 1 atom stereocenters. The van der Waals surface area contributed by atoms with E-state index in [2.05, 4.69) is 5.32 Å². The Balaban J connectivity index is 0.00000162. The Morgan fingerprint density at radius 1 is 1.33 bits per heavy atom. The maximum Gasteiger partial charge on any atom is 0.254 e. The SMILES string of the molecule is C[C@H]1CNCCN1C(=O)c1cc(Cl)cc(Cl)c1.Cl. The quantitative estimate of drug-likeness (QED) is 0.865. The maximum absolute atomic E-state index is 12.3. The first-order valence-corrected chi connectivity index (χ1v) is 6.31. The molecule has 1 aromatic carbocycles. The second kappa shape index (κ2) is 6.62. The van der Waals surface area contributed by atoms with E-state index < -0.39 is 0 Å². The highest BCUT2D eigenvalue weighted by atomic mass is 35.5. The number of hydrogen-bond acceptors (Lipinski definition) is 2. The predicted molar refractivity (Wildman–Crippen MR) is 77.1 cm³/mol. The van der Waals surface area contributed by atoms with E-state index in [1.54, 1.807) is 18.2 Å². The minimum absolute atomic E-state index is 0. The summed E-state index contributed by atoms with van der Waals surface area (Å²) in [5.41, 5.74) is 0.552.